The molecule has 0 saturated heterocycles. The highest BCUT2D eigenvalue weighted by atomic mass is 32.2. The van der Waals surface area contributed by atoms with Crippen molar-refractivity contribution in [2.24, 2.45) is 5.14 Å². The van der Waals surface area contributed by atoms with E-state index in [2.05, 4.69) is 10.5 Å². The predicted molar refractivity (Wildman–Crippen MR) is 65.6 cm³/mol. The largest absolute Gasteiger partial charge is 0.360 e. The van der Waals surface area contributed by atoms with Crippen LogP contribution in [0.4, 0.5) is 0 Å². The Morgan fingerprint density at radius 3 is 2.61 bits per heavy atom. The molecule has 0 unspecified atom stereocenters. The van der Waals surface area contributed by atoms with Crippen molar-refractivity contribution in [3.8, 4) is 0 Å². The zero-order chi connectivity index (χ0) is 13.9. The molecule has 3 N–H and O–H groups in total. The van der Waals surface area contributed by atoms with Gasteiger partial charge in [0.15, 0.2) is 5.76 Å². The molecule has 0 spiro atoms. The van der Waals surface area contributed by atoms with E-state index >= 15 is 0 Å². The Kier molecular flexibility index (Phi) is 4.47. The van der Waals surface area contributed by atoms with Gasteiger partial charge in [-0.05, 0) is 6.92 Å². The first-order valence-corrected chi connectivity index (χ1v) is 7.18. The van der Waals surface area contributed by atoms with Crippen LogP contribution in [0.5, 0.6) is 0 Å². The van der Waals surface area contributed by atoms with Gasteiger partial charge in [-0.25, -0.2) is 13.6 Å². The van der Waals surface area contributed by atoms with Crippen molar-refractivity contribution in [2.75, 3.05) is 12.3 Å². The monoisotopic (exact) mass is 275 g/mol. The number of aryl methyl sites for hydroxylation is 1. The summed E-state index contributed by atoms with van der Waals surface area (Å²) < 4.78 is 26.5. The predicted octanol–water partition coefficient (Wildman–Crippen LogP) is 0.125. The maximum Gasteiger partial charge on any atom is 0.256 e. The minimum Gasteiger partial charge on any atom is -0.360 e. The van der Waals surface area contributed by atoms with Gasteiger partial charge in [0.1, 0.15) is 5.56 Å². The first-order chi connectivity index (χ1) is 8.22. The number of nitrogens with two attached hydrogens (primary N) is 1. The zero-order valence-corrected chi connectivity index (χ0v) is 11.4. The third-order valence-electron chi connectivity index (χ3n) is 2.31. The molecular formula is C10H17N3O4S. The van der Waals surface area contributed by atoms with E-state index in [9.17, 15) is 13.2 Å². The lowest BCUT2D eigenvalue weighted by atomic mass is 10.0. The Morgan fingerprint density at radius 2 is 2.11 bits per heavy atom. The molecule has 0 aliphatic carbocycles. The molecule has 0 bridgehead atoms. The lowest BCUT2D eigenvalue weighted by Crippen LogP contribution is -2.32. The van der Waals surface area contributed by atoms with E-state index in [1.54, 1.807) is 6.92 Å². The molecule has 8 heteroatoms. The molecule has 1 aromatic rings. The summed E-state index contributed by atoms with van der Waals surface area (Å²) in [4.78, 5) is 11.9. The molecule has 1 rings (SSSR count). The number of rotatable bonds is 5. The summed E-state index contributed by atoms with van der Waals surface area (Å²) in [6, 6.07) is 0. The topological polar surface area (TPSA) is 115 Å². The van der Waals surface area contributed by atoms with Gasteiger partial charge in [-0.2, -0.15) is 0 Å². The first-order valence-electron chi connectivity index (χ1n) is 5.47. The highest BCUT2D eigenvalue weighted by Crippen LogP contribution is 2.21. The Hall–Kier alpha value is -1.41. The van der Waals surface area contributed by atoms with E-state index in [0.29, 0.717) is 17.0 Å². The third kappa shape index (κ3) is 3.81. The van der Waals surface area contributed by atoms with Gasteiger partial charge in [-0.15, -0.1) is 0 Å². The SMILES string of the molecule is Cc1noc(C(C)C)c1C(=O)NCCS(N)(=O)=O. The molecule has 0 saturated carbocycles. The third-order valence-corrected chi connectivity index (χ3v) is 3.09. The molecule has 0 atom stereocenters. The van der Waals surface area contributed by atoms with E-state index in [0.717, 1.165) is 0 Å². The van der Waals surface area contributed by atoms with E-state index in [1.165, 1.54) is 0 Å². The number of carbonyl (C=O) groups is 1. The molecule has 18 heavy (non-hydrogen) atoms. The summed E-state index contributed by atoms with van der Waals surface area (Å²) in [6.45, 7) is 5.37. The molecule has 7 nitrogen and oxygen atoms in total. The summed E-state index contributed by atoms with van der Waals surface area (Å²) in [5.74, 6) is -0.202. The molecule has 1 aromatic heterocycles. The number of amides is 1. The van der Waals surface area contributed by atoms with Crippen LogP contribution in [0, 0.1) is 6.92 Å². The molecule has 102 valence electrons. The van der Waals surface area contributed by atoms with Crippen LogP contribution in [0.3, 0.4) is 0 Å². The first kappa shape index (κ1) is 14.7. The number of sulfonamides is 1. The number of hydrogen-bond acceptors (Lipinski definition) is 5. The highest BCUT2D eigenvalue weighted by molar-refractivity contribution is 7.89. The quantitative estimate of drug-likeness (QED) is 0.792. The van der Waals surface area contributed by atoms with Crippen molar-refractivity contribution in [3.63, 3.8) is 0 Å². The number of carbonyl (C=O) groups excluding carboxylic acids is 1. The maximum absolute atomic E-state index is 11.9. The molecule has 0 aromatic carbocycles. The van der Waals surface area contributed by atoms with Crippen LogP contribution in [0.2, 0.25) is 0 Å². The van der Waals surface area contributed by atoms with Gasteiger partial charge in [0.05, 0.1) is 11.4 Å². The maximum atomic E-state index is 11.9. The van der Waals surface area contributed by atoms with E-state index < -0.39 is 15.9 Å². The zero-order valence-electron chi connectivity index (χ0n) is 10.6. The minimum atomic E-state index is -3.58. The number of hydrogen-bond donors (Lipinski definition) is 2. The molecular weight excluding hydrogens is 258 g/mol. The fourth-order valence-electron chi connectivity index (χ4n) is 1.45. The Balaban J connectivity index is 2.76. The normalized spacial score (nSPS) is 11.8. The van der Waals surface area contributed by atoms with E-state index in [1.807, 2.05) is 13.8 Å². The number of nitrogens with zero attached hydrogens (tertiary/aromatic N) is 1. The highest BCUT2D eigenvalue weighted by Gasteiger charge is 2.22. The summed E-state index contributed by atoms with van der Waals surface area (Å²) >= 11 is 0. The van der Waals surface area contributed by atoms with Gasteiger partial charge < -0.3 is 9.84 Å². The summed E-state index contributed by atoms with van der Waals surface area (Å²) in [6.07, 6.45) is 0. The van der Waals surface area contributed by atoms with Gasteiger partial charge in [0.2, 0.25) is 10.0 Å². The van der Waals surface area contributed by atoms with Gasteiger partial charge in [-0.3, -0.25) is 4.79 Å². The minimum absolute atomic E-state index is 0.0187. The number of nitrogens with one attached hydrogen (secondary N) is 1. The second-order valence-electron chi connectivity index (χ2n) is 4.28. The second kappa shape index (κ2) is 5.49. The van der Waals surface area contributed by atoms with Crippen molar-refractivity contribution in [3.05, 3.63) is 17.0 Å². The van der Waals surface area contributed by atoms with Gasteiger partial charge in [0, 0.05) is 12.5 Å². The van der Waals surface area contributed by atoms with Crippen molar-refractivity contribution in [1.82, 2.24) is 10.5 Å². The van der Waals surface area contributed by atoms with Crippen LogP contribution in [0.15, 0.2) is 4.52 Å². The molecule has 0 aliphatic heterocycles. The summed E-state index contributed by atoms with van der Waals surface area (Å²) in [5, 5.41) is 11.1. The molecule has 1 amide bonds. The van der Waals surface area contributed by atoms with Crippen molar-refractivity contribution >= 4 is 15.9 Å². The van der Waals surface area contributed by atoms with Crippen molar-refractivity contribution < 1.29 is 17.7 Å². The lowest BCUT2D eigenvalue weighted by molar-refractivity contribution is 0.0953. The fourth-order valence-corrected chi connectivity index (χ4v) is 1.84. The van der Waals surface area contributed by atoms with Crippen LogP contribution < -0.4 is 10.5 Å². The number of primary sulfonamides is 1. The van der Waals surface area contributed by atoms with E-state index in [-0.39, 0.29) is 18.2 Å². The Morgan fingerprint density at radius 1 is 1.50 bits per heavy atom. The average Bonchev–Trinajstić information content (AvgIpc) is 2.58. The Bertz CT molecular complexity index is 533. The van der Waals surface area contributed by atoms with Gasteiger partial charge >= 0.3 is 0 Å². The van der Waals surface area contributed by atoms with Crippen LogP contribution >= 0.6 is 0 Å². The Labute approximate surface area is 106 Å². The van der Waals surface area contributed by atoms with Crippen molar-refractivity contribution in [2.45, 2.75) is 26.7 Å². The van der Waals surface area contributed by atoms with Crippen LogP contribution in [0.1, 0.15) is 41.6 Å². The number of aromatic nitrogens is 1. The standard InChI is InChI=1S/C10H17N3O4S/c1-6(2)9-8(7(3)13-17-9)10(14)12-4-5-18(11,15)16/h6H,4-5H2,1-3H3,(H,12,14)(H2,11,15,16). The molecule has 0 aliphatic rings. The van der Waals surface area contributed by atoms with Crippen LogP contribution in [-0.4, -0.2) is 31.8 Å². The van der Waals surface area contributed by atoms with Crippen molar-refractivity contribution in [1.29, 1.82) is 0 Å². The van der Waals surface area contributed by atoms with Crippen LogP contribution in [0.25, 0.3) is 0 Å². The molecule has 1 heterocycles. The molecule has 0 radical (unpaired) electrons. The van der Waals surface area contributed by atoms with Gasteiger partial charge in [-0.1, -0.05) is 19.0 Å². The fraction of sp³-hybridized carbons (Fsp3) is 0.600. The van der Waals surface area contributed by atoms with Gasteiger partial charge in [0.25, 0.3) is 5.91 Å². The molecule has 0 fully saturated rings. The summed E-state index contributed by atoms with van der Waals surface area (Å²) in [5.41, 5.74) is 0.839. The van der Waals surface area contributed by atoms with E-state index in [4.69, 9.17) is 9.66 Å². The smallest absolute Gasteiger partial charge is 0.256 e. The average molecular weight is 275 g/mol. The summed E-state index contributed by atoms with van der Waals surface area (Å²) in [7, 11) is -3.58. The second-order valence-corrected chi connectivity index (χ2v) is 6.02. The van der Waals surface area contributed by atoms with Crippen LogP contribution in [-0.2, 0) is 10.0 Å². The lowest BCUT2D eigenvalue weighted by Gasteiger charge is -2.06.